The number of alkyl halides is 1. The van der Waals surface area contributed by atoms with Crippen molar-refractivity contribution in [3.8, 4) is 5.75 Å². The average molecular weight is 316 g/mol. The van der Waals surface area contributed by atoms with E-state index in [4.69, 9.17) is 4.74 Å². The first-order valence-electron chi connectivity index (χ1n) is 5.90. The highest BCUT2D eigenvalue weighted by Gasteiger charge is 2.26. The summed E-state index contributed by atoms with van der Waals surface area (Å²) < 4.78 is 18.1. The van der Waals surface area contributed by atoms with Crippen molar-refractivity contribution in [3.05, 3.63) is 29.6 Å². The molecule has 3 nitrogen and oxygen atoms in total. The van der Waals surface area contributed by atoms with Crippen molar-refractivity contribution >= 4 is 21.8 Å². The van der Waals surface area contributed by atoms with Gasteiger partial charge in [-0.1, -0.05) is 22.4 Å². The second kappa shape index (κ2) is 5.69. The molecule has 0 bridgehead atoms. The minimum absolute atomic E-state index is 0.0875. The molecule has 18 heavy (non-hydrogen) atoms. The zero-order chi connectivity index (χ0) is 13.1. The fourth-order valence-electron chi connectivity index (χ4n) is 2.13. The van der Waals surface area contributed by atoms with Crippen LogP contribution in [0.5, 0.6) is 5.75 Å². The van der Waals surface area contributed by atoms with E-state index in [2.05, 4.69) is 21.2 Å². The lowest BCUT2D eigenvalue weighted by molar-refractivity contribution is 0.0938. The molecule has 1 saturated carbocycles. The van der Waals surface area contributed by atoms with Crippen LogP contribution in [-0.2, 0) is 0 Å². The van der Waals surface area contributed by atoms with Crippen LogP contribution in [0, 0.1) is 5.82 Å². The minimum atomic E-state index is -0.465. The van der Waals surface area contributed by atoms with Crippen LogP contribution in [0.1, 0.15) is 29.6 Å². The Labute approximate surface area is 114 Å². The molecule has 2 rings (SSSR count). The number of rotatable bonds is 3. The fourth-order valence-corrected chi connectivity index (χ4v) is 2.85. The molecular formula is C13H15BrFNO2. The number of carbonyl (C=O) groups excluding carboxylic acids is 1. The largest absolute Gasteiger partial charge is 0.494 e. The van der Waals surface area contributed by atoms with Crippen molar-refractivity contribution < 1.29 is 13.9 Å². The van der Waals surface area contributed by atoms with E-state index in [1.54, 1.807) is 0 Å². The van der Waals surface area contributed by atoms with Gasteiger partial charge in [-0.2, -0.15) is 0 Å². The first-order chi connectivity index (χ1) is 8.61. The monoisotopic (exact) mass is 315 g/mol. The number of hydrogen-bond donors (Lipinski definition) is 1. The SMILES string of the molecule is COc1cc(C(=O)NC2CCCC2Br)ccc1F. The zero-order valence-corrected chi connectivity index (χ0v) is 11.7. The Morgan fingerprint density at radius 3 is 2.89 bits per heavy atom. The predicted molar refractivity (Wildman–Crippen MR) is 70.8 cm³/mol. The molecule has 1 aromatic rings. The summed E-state index contributed by atoms with van der Waals surface area (Å²) in [7, 11) is 1.38. The van der Waals surface area contributed by atoms with E-state index in [1.165, 1.54) is 25.3 Å². The molecule has 1 fully saturated rings. The molecule has 1 aliphatic carbocycles. The second-order valence-electron chi connectivity index (χ2n) is 4.38. The van der Waals surface area contributed by atoms with Gasteiger partial charge in [0.05, 0.1) is 7.11 Å². The molecule has 98 valence electrons. The molecule has 1 aromatic carbocycles. The van der Waals surface area contributed by atoms with E-state index >= 15 is 0 Å². The molecule has 1 N–H and O–H groups in total. The quantitative estimate of drug-likeness (QED) is 0.871. The third-order valence-corrected chi connectivity index (χ3v) is 4.26. The Hall–Kier alpha value is -1.10. The van der Waals surface area contributed by atoms with E-state index in [9.17, 15) is 9.18 Å². The van der Waals surface area contributed by atoms with Gasteiger partial charge >= 0.3 is 0 Å². The van der Waals surface area contributed by atoms with Gasteiger partial charge in [0.25, 0.3) is 5.91 Å². The van der Waals surface area contributed by atoms with Gasteiger partial charge in [-0.15, -0.1) is 0 Å². The van der Waals surface area contributed by atoms with Gasteiger partial charge in [0.2, 0.25) is 0 Å². The van der Waals surface area contributed by atoms with Gasteiger partial charge in [0, 0.05) is 16.4 Å². The molecule has 0 aliphatic heterocycles. The summed E-state index contributed by atoms with van der Waals surface area (Å²) in [5.41, 5.74) is 0.417. The molecule has 0 radical (unpaired) electrons. The molecule has 0 heterocycles. The molecule has 2 unspecified atom stereocenters. The number of hydrogen-bond acceptors (Lipinski definition) is 2. The number of benzene rings is 1. The summed E-state index contributed by atoms with van der Waals surface area (Å²) in [4.78, 5) is 12.3. The van der Waals surface area contributed by atoms with Crippen molar-refractivity contribution in [2.24, 2.45) is 0 Å². The van der Waals surface area contributed by atoms with Crippen LogP contribution in [0.15, 0.2) is 18.2 Å². The van der Waals surface area contributed by atoms with Gasteiger partial charge < -0.3 is 10.1 Å². The van der Waals surface area contributed by atoms with E-state index < -0.39 is 5.82 Å². The van der Waals surface area contributed by atoms with Crippen molar-refractivity contribution in [3.63, 3.8) is 0 Å². The molecular weight excluding hydrogens is 301 g/mol. The third-order valence-electron chi connectivity index (χ3n) is 3.16. The summed E-state index contributed by atoms with van der Waals surface area (Å²) in [5.74, 6) is -0.567. The van der Waals surface area contributed by atoms with E-state index in [-0.39, 0.29) is 17.7 Å². The number of amides is 1. The maximum Gasteiger partial charge on any atom is 0.251 e. The topological polar surface area (TPSA) is 38.3 Å². The Bertz CT molecular complexity index is 453. The maximum absolute atomic E-state index is 13.2. The Morgan fingerprint density at radius 1 is 1.50 bits per heavy atom. The summed E-state index contributed by atoms with van der Waals surface area (Å²) in [6.07, 6.45) is 3.14. The van der Waals surface area contributed by atoms with E-state index in [0.29, 0.717) is 10.4 Å². The molecule has 0 spiro atoms. The van der Waals surface area contributed by atoms with Crippen LogP contribution in [-0.4, -0.2) is 23.9 Å². The standard InChI is InChI=1S/C13H15BrFNO2/c1-18-12-7-8(5-6-10(12)15)13(17)16-11-4-2-3-9(11)14/h5-7,9,11H,2-4H2,1H3,(H,16,17). The fraction of sp³-hybridized carbons (Fsp3) is 0.462. The summed E-state index contributed by atoms with van der Waals surface area (Å²) >= 11 is 3.55. The van der Waals surface area contributed by atoms with Crippen LogP contribution in [0.2, 0.25) is 0 Å². The molecule has 1 amide bonds. The van der Waals surface area contributed by atoms with Gasteiger partial charge in [-0.3, -0.25) is 4.79 Å². The number of methoxy groups -OCH3 is 1. The predicted octanol–water partition coefficient (Wildman–Crippen LogP) is 2.88. The van der Waals surface area contributed by atoms with E-state index in [1.807, 2.05) is 0 Å². The smallest absolute Gasteiger partial charge is 0.251 e. The Morgan fingerprint density at radius 2 is 2.28 bits per heavy atom. The lowest BCUT2D eigenvalue weighted by Crippen LogP contribution is -2.37. The molecule has 0 aromatic heterocycles. The molecule has 2 atom stereocenters. The summed E-state index contributed by atoms with van der Waals surface area (Å²) in [6, 6.07) is 4.27. The highest BCUT2D eigenvalue weighted by molar-refractivity contribution is 9.09. The van der Waals surface area contributed by atoms with Crippen LogP contribution >= 0.6 is 15.9 Å². The first-order valence-corrected chi connectivity index (χ1v) is 6.82. The molecule has 1 aliphatic rings. The van der Waals surface area contributed by atoms with Crippen LogP contribution in [0.25, 0.3) is 0 Å². The van der Waals surface area contributed by atoms with Gasteiger partial charge in [-0.05, 0) is 31.0 Å². The van der Waals surface area contributed by atoms with Crippen molar-refractivity contribution in [2.75, 3.05) is 7.11 Å². The van der Waals surface area contributed by atoms with Gasteiger partial charge in [0.1, 0.15) is 0 Å². The maximum atomic E-state index is 13.2. The van der Waals surface area contributed by atoms with Gasteiger partial charge in [0.15, 0.2) is 11.6 Å². The van der Waals surface area contributed by atoms with Crippen molar-refractivity contribution in [1.82, 2.24) is 5.32 Å². The van der Waals surface area contributed by atoms with Crippen LogP contribution < -0.4 is 10.1 Å². The number of carbonyl (C=O) groups is 1. The van der Waals surface area contributed by atoms with Crippen LogP contribution in [0.4, 0.5) is 4.39 Å². The number of nitrogens with one attached hydrogen (secondary N) is 1. The molecule has 5 heteroatoms. The normalized spacial score (nSPS) is 22.8. The van der Waals surface area contributed by atoms with E-state index in [0.717, 1.165) is 19.3 Å². The third kappa shape index (κ3) is 2.83. The summed E-state index contributed by atoms with van der Waals surface area (Å²) in [6.45, 7) is 0. The minimum Gasteiger partial charge on any atom is -0.494 e. The lowest BCUT2D eigenvalue weighted by atomic mass is 10.1. The zero-order valence-electron chi connectivity index (χ0n) is 10.1. The molecule has 0 saturated heterocycles. The first kappa shape index (κ1) is 13.3. The van der Waals surface area contributed by atoms with Crippen molar-refractivity contribution in [2.45, 2.75) is 30.1 Å². The van der Waals surface area contributed by atoms with Crippen LogP contribution in [0.3, 0.4) is 0 Å². The number of halogens is 2. The Balaban J connectivity index is 2.09. The number of ether oxygens (including phenoxy) is 1. The highest BCUT2D eigenvalue weighted by Crippen LogP contribution is 2.26. The Kier molecular flexibility index (Phi) is 4.22. The van der Waals surface area contributed by atoms with Gasteiger partial charge in [-0.25, -0.2) is 4.39 Å². The highest BCUT2D eigenvalue weighted by atomic mass is 79.9. The average Bonchev–Trinajstić information content (AvgIpc) is 2.75. The lowest BCUT2D eigenvalue weighted by Gasteiger charge is -2.16. The second-order valence-corrected chi connectivity index (χ2v) is 5.55. The summed E-state index contributed by atoms with van der Waals surface area (Å²) in [5, 5.41) is 2.95. The van der Waals surface area contributed by atoms with Crippen molar-refractivity contribution in [1.29, 1.82) is 0 Å².